The molecule has 0 radical (unpaired) electrons. The average molecular weight is 405 g/mol. The van der Waals surface area contributed by atoms with Crippen LogP contribution in [0.25, 0.3) is 5.65 Å². The second-order valence-corrected chi connectivity index (χ2v) is 9.70. The van der Waals surface area contributed by atoms with Gasteiger partial charge in [-0.2, -0.15) is 16.1 Å². The van der Waals surface area contributed by atoms with Crippen LogP contribution in [-0.2, 0) is 16.6 Å². The molecular formula is C18H20N4O3S2. The first-order valence-corrected chi connectivity index (χ1v) is 11.3. The molecule has 3 heterocycles. The lowest BCUT2D eigenvalue weighted by Crippen LogP contribution is -2.38. The number of pyridine rings is 1. The lowest BCUT2D eigenvalue weighted by atomic mass is 10.1. The Morgan fingerprint density at radius 1 is 1.07 bits per heavy atom. The van der Waals surface area contributed by atoms with E-state index in [1.165, 1.54) is 25.7 Å². The van der Waals surface area contributed by atoms with Crippen molar-refractivity contribution < 1.29 is 8.42 Å². The van der Waals surface area contributed by atoms with Crippen LogP contribution in [0.3, 0.4) is 0 Å². The number of hydrogen-bond acceptors (Lipinski definition) is 5. The summed E-state index contributed by atoms with van der Waals surface area (Å²) in [5.41, 5.74) is 2.19. The maximum Gasteiger partial charge on any atom is 0.350 e. The highest BCUT2D eigenvalue weighted by molar-refractivity contribution is 7.99. The minimum atomic E-state index is -3.60. The molecule has 4 rings (SSSR count). The maximum absolute atomic E-state index is 12.8. The van der Waals surface area contributed by atoms with Gasteiger partial charge in [0.25, 0.3) is 0 Å². The average Bonchev–Trinajstić information content (AvgIpc) is 2.99. The molecule has 0 amide bonds. The van der Waals surface area contributed by atoms with E-state index in [1.807, 2.05) is 31.2 Å². The summed E-state index contributed by atoms with van der Waals surface area (Å²) in [5.74, 6) is 1.58. The summed E-state index contributed by atoms with van der Waals surface area (Å²) in [6.07, 6.45) is 1.38. The highest BCUT2D eigenvalue weighted by Crippen LogP contribution is 2.20. The van der Waals surface area contributed by atoms with Gasteiger partial charge in [0.1, 0.15) is 0 Å². The second-order valence-electron chi connectivity index (χ2n) is 6.54. The minimum Gasteiger partial charge on any atom is -0.249 e. The molecule has 0 aliphatic carbocycles. The molecule has 0 saturated carbocycles. The van der Waals surface area contributed by atoms with Crippen molar-refractivity contribution in [2.75, 3.05) is 24.6 Å². The van der Waals surface area contributed by atoms with Crippen molar-refractivity contribution in [3.05, 3.63) is 64.2 Å². The fourth-order valence-electron chi connectivity index (χ4n) is 3.06. The van der Waals surface area contributed by atoms with E-state index in [0.29, 0.717) is 25.3 Å². The Balaban J connectivity index is 1.69. The first-order valence-electron chi connectivity index (χ1n) is 8.68. The molecule has 0 bridgehead atoms. The molecule has 1 fully saturated rings. The van der Waals surface area contributed by atoms with E-state index in [2.05, 4.69) is 5.10 Å². The van der Waals surface area contributed by atoms with Crippen LogP contribution in [-0.4, -0.2) is 51.5 Å². The zero-order valence-corrected chi connectivity index (χ0v) is 16.5. The maximum atomic E-state index is 12.8. The number of aromatic nitrogens is 3. The first-order chi connectivity index (χ1) is 12.9. The van der Waals surface area contributed by atoms with E-state index in [4.69, 9.17) is 0 Å². The number of nitrogens with zero attached hydrogens (tertiary/aromatic N) is 4. The highest BCUT2D eigenvalue weighted by Gasteiger charge is 2.27. The lowest BCUT2D eigenvalue weighted by molar-refractivity contribution is 0.443. The van der Waals surface area contributed by atoms with Gasteiger partial charge in [0.15, 0.2) is 5.65 Å². The van der Waals surface area contributed by atoms with Crippen molar-refractivity contribution in [1.82, 2.24) is 18.5 Å². The molecule has 2 aromatic heterocycles. The van der Waals surface area contributed by atoms with Crippen molar-refractivity contribution in [3.63, 3.8) is 0 Å². The predicted molar refractivity (Wildman–Crippen MR) is 106 cm³/mol. The smallest absolute Gasteiger partial charge is 0.249 e. The van der Waals surface area contributed by atoms with Gasteiger partial charge in [-0.05, 0) is 24.6 Å². The molecule has 1 saturated heterocycles. The van der Waals surface area contributed by atoms with Crippen LogP contribution in [0.1, 0.15) is 11.1 Å². The Bertz CT molecular complexity index is 1130. The lowest BCUT2D eigenvalue weighted by Gasteiger charge is -2.25. The van der Waals surface area contributed by atoms with Crippen molar-refractivity contribution in [3.8, 4) is 0 Å². The molecule has 1 aliphatic heterocycles. The molecule has 0 unspecified atom stereocenters. The normalized spacial score (nSPS) is 16.0. The third kappa shape index (κ3) is 3.54. The fourth-order valence-corrected chi connectivity index (χ4v) is 5.63. The van der Waals surface area contributed by atoms with E-state index in [-0.39, 0.29) is 10.6 Å². The largest absolute Gasteiger partial charge is 0.350 e. The minimum absolute atomic E-state index is 0.124. The first kappa shape index (κ1) is 18.3. The number of hydrogen-bond donors (Lipinski definition) is 0. The molecule has 0 spiro atoms. The van der Waals surface area contributed by atoms with Crippen LogP contribution in [0.5, 0.6) is 0 Å². The Kier molecular flexibility index (Phi) is 4.83. The van der Waals surface area contributed by atoms with Crippen molar-refractivity contribution >= 4 is 27.4 Å². The molecule has 142 valence electrons. The Hall–Kier alpha value is -2.10. The van der Waals surface area contributed by atoms with Crippen LogP contribution in [0.4, 0.5) is 0 Å². The van der Waals surface area contributed by atoms with Crippen molar-refractivity contribution in [2.45, 2.75) is 18.4 Å². The molecule has 0 N–H and O–H groups in total. The van der Waals surface area contributed by atoms with Crippen molar-refractivity contribution in [2.24, 2.45) is 0 Å². The standard InChI is InChI=1S/C18H20N4O3S2/c1-14-2-4-15(5-3-14)12-22-18(23)21-13-16(6-7-17(21)19-22)27(24,25)20-8-10-26-11-9-20/h2-7,13H,8-12H2,1H3. The molecule has 27 heavy (non-hydrogen) atoms. The number of benzene rings is 1. The van der Waals surface area contributed by atoms with E-state index < -0.39 is 10.0 Å². The Labute approximate surface area is 161 Å². The fraction of sp³-hybridized carbons (Fsp3) is 0.333. The van der Waals surface area contributed by atoms with E-state index in [1.54, 1.807) is 17.8 Å². The predicted octanol–water partition coefficient (Wildman–Crippen LogP) is 1.59. The van der Waals surface area contributed by atoms with Gasteiger partial charge in [-0.15, -0.1) is 5.10 Å². The van der Waals surface area contributed by atoms with Crippen LogP contribution < -0.4 is 5.69 Å². The third-order valence-corrected chi connectivity index (χ3v) is 7.44. The van der Waals surface area contributed by atoms with Gasteiger partial charge in [0, 0.05) is 30.8 Å². The molecule has 1 aromatic carbocycles. The SMILES string of the molecule is Cc1ccc(Cn2nc3ccc(S(=O)(=O)N4CCSCC4)cn3c2=O)cc1. The molecule has 3 aromatic rings. The van der Waals surface area contributed by atoms with Gasteiger partial charge < -0.3 is 0 Å². The highest BCUT2D eigenvalue weighted by atomic mass is 32.2. The molecular weight excluding hydrogens is 384 g/mol. The summed E-state index contributed by atoms with van der Waals surface area (Å²) in [6, 6.07) is 11.0. The van der Waals surface area contributed by atoms with Gasteiger partial charge in [0.05, 0.1) is 11.4 Å². The Morgan fingerprint density at radius 2 is 1.78 bits per heavy atom. The molecule has 9 heteroatoms. The summed E-state index contributed by atoms with van der Waals surface area (Å²) < 4.78 is 29.8. The molecule has 7 nitrogen and oxygen atoms in total. The van der Waals surface area contributed by atoms with E-state index in [0.717, 1.165) is 22.6 Å². The molecule has 1 aliphatic rings. The van der Waals surface area contributed by atoms with Gasteiger partial charge in [-0.1, -0.05) is 29.8 Å². The zero-order valence-electron chi connectivity index (χ0n) is 14.9. The topological polar surface area (TPSA) is 76.7 Å². The zero-order chi connectivity index (χ0) is 19.0. The van der Waals surface area contributed by atoms with Crippen molar-refractivity contribution in [1.29, 1.82) is 0 Å². The van der Waals surface area contributed by atoms with Gasteiger partial charge >= 0.3 is 5.69 Å². The van der Waals surface area contributed by atoms with Gasteiger partial charge in [-0.25, -0.2) is 22.3 Å². The number of aryl methyl sites for hydroxylation is 1. The summed E-state index contributed by atoms with van der Waals surface area (Å²) in [6.45, 7) is 3.33. The van der Waals surface area contributed by atoms with Gasteiger partial charge in [0.2, 0.25) is 10.0 Å². The summed E-state index contributed by atoms with van der Waals surface area (Å²) in [4.78, 5) is 12.8. The second kappa shape index (κ2) is 7.14. The summed E-state index contributed by atoms with van der Waals surface area (Å²) in [5, 5.41) is 4.32. The number of rotatable bonds is 4. The Morgan fingerprint density at radius 3 is 2.48 bits per heavy atom. The van der Waals surface area contributed by atoms with Crippen LogP contribution >= 0.6 is 11.8 Å². The summed E-state index contributed by atoms with van der Waals surface area (Å²) >= 11 is 1.75. The number of sulfonamides is 1. The molecule has 0 atom stereocenters. The van der Waals surface area contributed by atoms with Crippen LogP contribution in [0.15, 0.2) is 52.3 Å². The van der Waals surface area contributed by atoms with Gasteiger partial charge in [-0.3, -0.25) is 0 Å². The monoisotopic (exact) mass is 404 g/mol. The quantitative estimate of drug-likeness (QED) is 0.660. The van der Waals surface area contributed by atoms with E-state index in [9.17, 15) is 13.2 Å². The summed E-state index contributed by atoms with van der Waals surface area (Å²) in [7, 11) is -3.60. The third-order valence-electron chi connectivity index (χ3n) is 4.61. The van der Waals surface area contributed by atoms with Crippen LogP contribution in [0.2, 0.25) is 0 Å². The number of fused-ring (bicyclic) bond motifs is 1. The van der Waals surface area contributed by atoms with Crippen LogP contribution in [0, 0.1) is 6.92 Å². The number of thioether (sulfide) groups is 1. The van der Waals surface area contributed by atoms with E-state index >= 15 is 0 Å².